The van der Waals surface area contributed by atoms with E-state index < -0.39 is 5.91 Å². The summed E-state index contributed by atoms with van der Waals surface area (Å²) in [5, 5.41) is 0. The molecule has 5 heteroatoms. The van der Waals surface area contributed by atoms with E-state index in [0.29, 0.717) is 6.42 Å². The standard InChI is InChI=1S/C18H18N2O3/c1-12(21)23-17-10-13-6-2-4-8-15(13)20(11-18(19)22)16-9-5-3-7-14(16)17/h2-9,17H,10-11H2,1H3,(H2,19,22)/t17-/m0/s1. The molecule has 118 valence electrons. The predicted octanol–water partition coefficient (Wildman–Crippen LogP) is 2.47. The fourth-order valence-corrected chi connectivity index (χ4v) is 3.02. The molecule has 0 aliphatic carbocycles. The second-order valence-electron chi connectivity index (χ2n) is 5.54. The van der Waals surface area contributed by atoms with Gasteiger partial charge in [0, 0.05) is 30.3 Å². The first kappa shape index (κ1) is 15.1. The molecule has 5 nitrogen and oxygen atoms in total. The van der Waals surface area contributed by atoms with Crippen LogP contribution in [0.5, 0.6) is 0 Å². The molecular formula is C18H18N2O3. The minimum absolute atomic E-state index is 0.0703. The van der Waals surface area contributed by atoms with Gasteiger partial charge in [0.1, 0.15) is 12.6 Å². The highest BCUT2D eigenvalue weighted by Gasteiger charge is 2.28. The molecule has 1 atom stereocenters. The van der Waals surface area contributed by atoms with E-state index in [9.17, 15) is 9.59 Å². The number of ether oxygens (including phenoxy) is 1. The Labute approximate surface area is 134 Å². The molecule has 1 aliphatic rings. The lowest BCUT2D eigenvalue weighted by Gasteiger charge is -2.25. The van der Waals surface area contributed by atoms with E-state index >= 15 is 0 Å². The highest BCUT2D eigenvalue weighted by atomic mass is 16.5. The fourth-order valence-electron chi connectivity index (χ4n) is 3.02. The Morgan fingerprint density at radius 1 is 1.13 bits per heavy atom. The van der Waals surface area contributed by atoms with Crippen molar-refractivity contribution in [3.63, 3.8) is 0 Å². The summed E-state index contributed by atoms with van der Waals surface area (Å²) in [6, 6.07) is 15.4. The van der Waals surface area contributed by atoms with Crippen LogP contribution >= 0.6 is 0 Å². The van der Waals surface area contributed by atoms with Gasteiger partial charge >= 0.3 is 5.97 Å². The van der Waals surface area contributed by atoms with Gasteiger partial charge in [-0.05, 0) is 17.7 Å². The van der Waals surface area contributed by atoms with Crippen molar-refractivity contribution in [2.45, 2.75) is 19.4 Å². The molecule has 0 saturated carbocycles. The molecule has 2 N–H and O–H groups in total. The van der Waals surface area contributed by atoms with E-state index in [2.05, 4.69) is 0 Å². The molecular weight excluding hydrogens is 292 g/mol. The van der Waals surface area contributed by atoms with Gasteiger partial charge in [0.2, 0.25) is 5.91 Å². The zero-order chi connectivity index (χ0) is 16.4. The highest BCUT2D eigenvalue weighted by molar-refractivity contribution is 5.85. The SMILES string of the molecule is CC(=O)O[C@H]1Cc2ccccc2N(CC(N)=O)c2ccccc21. The third-order valence-corrected chi connectivity index (χ3v) is 3.88. The van der Waals surface area contributed by atoms with E-state index in [1.807, 2.05) is 53.4 Å². The largest absolute Gasteiger partial charge is 0.457 e. The molecule has 2 aromatic carbocycles. The monoisotopic (exact) mass is 310 g/mol. The average Bonchev–Trinajstić information content (AvgIpc) is 2.63. The minimum atomic E-state index is -0.416. The summed E-state index contributed by atoms with van der Waals surface area (Å²) in [4.78, 5) is 24.9. The molecule has 2 aromatic rings. The summed E-state index contributed by atoms with van der Waals surface area (Å²) in [7, 11) is 0. The Morgan fingerprint density at radius 2 is 1.78 bits per heavy atom. The van der Waals surface area contributed by atoms with Crippen molar-refractivity contribution >= 4 is 23.3 Å². The molecule has 1 aliphatic heterocycles. The number of rotatable bonds is 3. The Kier molecular flexibility index (Phi) is 4.02. The summed E-state index contributed by atoms with van der Waals surface area (Å²) in [5.74, 6) is -0.744. The van der Waals surface area contributed by atoms with E-state index in [1.165, 1.54) is 6.92 Å². The number of nitrogens with two attached hydrogens (primary N) is 1. The van der Waals surface area contributed by atoms with Crippen LogP contribution in [0.1, 0.15) is 24.2 Å². The summed E-state index contributed by atoms with van der Waals surface area (Å²) in [6.45, 7) is 1.47. The first-order valence-corrected chi connectivity index (χ1v) is 7.46. The lowest BCUT2D eigenvalue weighted by Crippen LogP contribution is -2.30. The van der Waals surface area contributed by atoms with Crippen LogP contribution < -0.4 is 10.6 Å². The van der Waals surface area contributed by atoms with Crippen LogP contribution in [0, 0.1) is 0 Å². The molecule has 0 aromatic heterocycles. The molecule has 0 spiro atoms. The molecule has 0 radical (unpaired) electrons. The van der Waals surface area contributed by atoms with Crippen LogP contribution in [0.25, 0.3) is 0 Å². The minimum Gasteiger partial charge on any atom is -0.457 e. The molecule has 3 rings (SSSR count). The molecule has 0 bridgehead atoms. The van der Waals surface area contributed by atoms with Crippen LogP contribution in [0.15, 0.2) is 48.5 Å². The lowest BCUT2D eigenvalue weighted by atomic mass is 10.0. The number of hydrogen-bond acceptors (Lipinski definition) is 4. The molecule has 0 unspecified atom stereocenters. The van der Waals surface area contributed by atoms with Gasteiger partial charge in [-0.3, -0.25) is 9.59 Å². The summed E-state index contributed by atoms with van der Waals surface area (Å²) in [6.07, 6.45) is 0.171. The maximum absolute atomic E-state index is 11.6. The Bertz CT molecular complexity index is 757. The van der Waals surface area contributed by atoms with Crippen molar-refractivity contribution in [1.82, 2.24) is 0 Å². The summed E-state index contributed by atoms with van der Waals surface area (Å²) < 4.78 is 5.53. The van der Waals surface area contributed by atoms with Gasteiger partial charge in [-0.1, -0.05) is 36.4 Å². The number of para-hydroxylation sites is 2. The number of carbonyl (C=O) groups is 2. The number of carbonyl (C=O) groups excluding carboxylic acids is 2. The van der Waals surface area contributed by atoms with Crippen LogP contribution in [0.3, 0.4) is 0 Å². The van der Waals surface area contributed by atoms with Crippen molar-refractivity contribution < 1.29 is 14.3 Å². The van der Waals surface area contributed by atoms with Gasteiger partial charge in [-0.25, -0.2) is 0 Å². The number of amides is 1. The Balaban J connectivity index is 2.18. The Hall–Kier alpha value is -2.82. The number of primary amides is 1. The van der Waals surface area contributed by atoms with Gasteiger partial charge in [0.15, 0.2) is 0 Å². The van der Waals surface area contributed by atoms with Crippen molar-refractivity contribution in [2.75, 3.05) is 11.4 Å². The van der Waals surface area contributed by atoms with E-state index in [1.54, 1.807) is 0 Å². The van der Waals surface area contributed by atoms with Crippen molar-refractivity contribution in [1.29, 1.82) is 0 Å². The average molecular weight is 310 g/mol. The van der Waals surface area contributed by atoms with Crippen molar-refractivity contribution in [3.8, 4) is 0 Å². The lowest BCUT2D eigenvalue weighted by molar-refractivity contribution is -0.146. The zero-order valence-corrected chi connectivity index (χ0v) is 12.9. The molecule has 1 heterocycles. The van der Waals surface area contributed by atoms with E-state index in [4.69, 9.17) is 10.5 Å². The summed E-state index contributed by atoms with van der Waals surface area (Å²) in [5.41, 5.74) is 9.07. The van der Waals surface area contributed by atoms with E-state index in [-0.39, 0.29) is 18.6 Å². The quantitative estimate of drug-likeness (QED) is 0.884. The molecule has 23 heavy (non-hydrogen) atoms. The third-order valence-electron chi connectivity index (χ3n) is 3.88. The van der Waals surface area contributed by atoms with E-state index in [0.717, 1.165) is 22.5 Å². The first-order chi connectivity index (χ1) is 11.1. The van der Waals surface area contributed by atoms with Crippen molar-refractivity contribution in [2.24, 2.45) is 5.73 Å². The highest BCUT2D eigenvalue weighted by Crippen LogP contribution is 2.41. The fraction of sp³-hybridized carbons (Fsp3) is 0.222. The van der Waals surface area contributed by atoms with Crippen LogP contribution in [-0.4, -0.2) is 18.4 Å². The predicted molar refractivity (Wildman–Crippen MR) is 87.3 cm³/mol. The van der Waals surface area contributed by atoms with Gasteiger partial charge in [-0.2, -0.15) is 0 Å². The normalized spacial score (nSPS) is 16.0. The third kappa shape index (κ3) is 3.04. The first-order valence-electron chi connectivity index (χ1n) is 7.46. The van der Waals surface area contributed by atoms with Crippen LogP contribution in [0.2, 0.25) is 0 Å². The zero-order valence-electron chi connectivity index (χ0n) is 12.9. The Morgan fingerprint density at radius 3 is 2.48 bits per heavy atom. The number of esters is 1. The maximum Gasteiger partial charge on any atom is 0.303 e. The maximum atomic E-state index is 11.6. The second kappa shape index (κ2) is 6.12. The topological polar surface area (TPSA) is 72.6 Å². The molecule has 0 saturated heterocycles. The number of fused-ring (bicyclic) bond motifs is 2. The second-order valence-corrected chi connectivity index (χ2v) is 5.54. The number of benzene rings is 2. The summed E-state index contributed by atoms with van der Waals surface area (Å²) >= 11 is 0. The van der Waals surface area contributed by atoms with Gasteiger partial charge < -0.3 is 15.4 Å². The number of anilines is 2. The molecule has 1 amide bonds. The van der Waals surface area contributed by atoms with Crippen LogP contribution in [-0.2, 0) is 20.7 Å². The van der Waals surface area contributed by atoms with Crippen molar-refractivity contribution in [3.05, 3.63) is 59.7 Å². The number of nitrogens with zero attached hydrogens (tertiary/aromatic N) is 1. The van der Waals surface area contributed by atoms with Gasteiger partial charge in [-0.15, -0.1) is 0 Å². The number of hydrogen-bond donors (Lipinski definition) is 1. The van der Waals surface area contributed by atoms with Gasteiger partial charge in [0.25, 0.3) is 0 Å². The smallest absolute Gasteiger partial charge is 0.303 e. The van der Waals surface area contributed by atoms with Gasteiger partial charge in [0.05, 0.1) is 0 Å². The van der Waals surface area contributed by atoms with Crippen LogP contribution in [0.4, 0.5) is 11.4 Å². The molecule has 0 fully saturated rings.